The lowest BCUT2D eigenvalue weighted by molar-refractivity contribution is 0.0885. The van der Waals surface area contributed by atoms with Crippen molar-refractivity contribution in [1.82, 2.24) is 51.9 Å². The molecule has 4 atom stereocenters. The summed E-state index contributed by atoms with van der Waals surface area (Å²) >= 11 is 0. The highest BCUT2D eigenvalue weighted by molar-refractivity contribution is 6.05. The van der Waals surface area contributed by atoms with E-state index < -0.39 is 0 Å². The number of rotatable bonds is 23. The number of pyridine rings is 2. The van der Waals surface area contributed by atoms with Crippen LogP contribution in [0.1, 0.15) is 312 Å². The number of benzene rings is 4. The molecule has 5 aliphatic carbocycles. The number of nitrogens with two attached hydrogens (primary N) is 1. The summed E-state index contributed by atoms with van der Waals surface area (Å²) in [7, 11) is 3.84. The molecule has 6 amide bonds. The maximum atomic E-state index is 13.1. The van der Waals surface area contributed by atoms with E-state index in [9.17, 15) is 28.8 Å². The molecular formula is C91H110N14O10. The molecule has 5 fully saturated rings. The van der Waals surface area contributed by atoms with Crippen LogP contribution in [-0.2, 0) is 6.42 Å². The molecular weight excluding hydrogens is 1450 g/mol. The third-order valence-corrected chi connectivity index (χ3v) is 21.7. The van der Waals surface area contributed by atoms with Gasteiger partial charge in [0.05, 0.1) is 36.1 Å². The Morgan fingerprint density at radius 1 is 0.435 bits per heavy atom. The van der Waals surface area contributed by atoms with E-state index in [1.54, 1.807) is 60.9 Å². The Morgan fingerprint density at radius 2 is 0.835 bits per heavy atom. The lowest BCUT2D eigenvalue weighted by Gasteiger charge is -2.32. The van der Waals surface area contributed by atoms with Crippen LogP contribution in [0.3, 0.4) is 0 Å². The standard InChI is InChI=1S/C28H33N5O3.C26H29N5O3.C19H24N2O2.C18H24N2O2/c1-33(2)25-14-13-22(17-29-25)30-27(34)21-10-6-9-20(15-21)26(19-7-4-3-5-8-19)31-28(35)23-16-24(36-32-23)18-11-12-18;27-23-14-20(11-12-28-23)29-25(32)19-8-4-7-18(13-19)24(17-5-2-1-3-6-17)30-26(33)21-15-22(34-31-21)16-9-10-16;1-12-6-5-7-14(10-12)17(19(2,3)4)20-18(22)15-11-16(23-21-15)13-8-9-13;1-6-14-11-15(20-22-14)17(21)19-16(18(3,4)5)13-9-7-8-12(2)10-13/h6,9-10,13-19,26H,3-5,7-8,11-12H2,1-2H3,(H,30,34)(H,31,35);4,7-8,11-17,24H,1-3,5-6,9-10H2,(H,30,33)(H3,27,28,29,32);5-7,10-11,13,17H,8-9H2,1-4H3,(H,20,22);7-11,16H,6H2,1-5H3,(H,19,21). The molecule has 0 spiro atoms. The molecule has 15 rings (SSSR count). The van der Waals surface area contributed by atoms with Crippen molar-refractivity contribution in [3.63, 3.8) is 0 Å². The number of carbonyl (C=O) groups is 6. The van der Waals surface area contributed by atoms with E-state index in [0.717, 1.165) is 142 Å². The van der Waals surface area contributed by atoms with Crippen LogP contribution in [0.15, 0.2) is 176 Å². The molecule has 4 unspecified atom stereocenters. The van der Waals surface area contributed by atoms with Gasteiger partial charge in [0.2, 0.25) is 0 Å². The molecule has 24 heteroatoms. The highest BCUT2D eigenvalue weighted by atomic mass is 16.5. The van der Waals surface area contributed by atoms with Crippen molar-refractivity contribution in [1.29, 1.82) is 0 Å². The number of nitrogen functional groups attached to an aromatic ring is 1. The van der Waals surface area contributed by atoms with Gasteiger partial charge in [-0.3, -0.25) is 28.8 Å². The van der Waals surface area contributed by atoms with Crippen LogP contribution in [0.4, 0.5) is 23.0 Å². The van der Waals surface area contributed by atoms with Gasteiger partial charge in [-0.1, -0.05) is 192 Å². The van der Waals surface area contributed by atoms with Gasteiger partial charge in [-0.25, -0.2) is 9.97 Å². The molecule has 6 aromatic heterocycles. The topological polar surface area (TPSA) is 334 Å². The predicted octanol–water partition coefficient (Wildman–Crippen LogP) is 18.6. The van der Waals surface area contributed by atoms with Crippen molar-refractivity contribution in [2.45, 2.75) is 213 Å². The maximum absolute atomic E-state index is 13.1. The zero-order valence-electron chi connectivity index (χ0n) is 68.0. The number of hydrogen-bond acceptors (Lipinski definition) is 18. The summed E-state index contributed by atoms with van der Waals surface area (Å²) < 4.78 is 21.2. The molecule has 24 nitrogen and oxygen atoms in total. The average molecular weight is 1560 g/mol. The van der Waals surface area contributed by atoms with Gasteiger partial charge in [-0.15, -0.1) is 0 Å². The van der Waals surface area contributed by atoms with Crippen LogP contribution in [0.5, 0.6) is 0 Å². The molecule has 4 aromatic carbocycles. The minimum atomic E-state index is -0.244. The summed E-state index contributed by atoms with van der Waals surface area (Å²) in [5.41, 5.74) is 15.5. The summed E-state index contributed by atoms with van der Waals surface area (Å²) in [6, 6.07) is 44.9. The Labute approximate surface area is 673 Å². The minimum Gasteiger partial charge on any atom is -0.384 e. The first-order chi connectivity index (χ1) is 55.2. The monoisotopic (exact) mass is 1560 g/mol. The molecule has 8 N–H and O–H groups in total. The van der Waals surface area contributed by atoms with Crippen LogP contribution in [0.2, 0.25) is 0 Å². The van der Waals surface area contributed by atoms with Crippen LogP contribution >= 0.6 is 0 Å². The third-order valence-electron chi connectivity index (χ3n) is 21.7. The van der Waals surface area contributed by atoms with E-state index in [-0.39, 0.29) is 70.4 Å². The number of anilines is 4. The summed E-state index contributed by atoms with van der Waals surface area (Å²) in [5.74, 6) is 4.82. The highest BCUT2D eigenvalue weighted by Crippen LogP contribution is 2.44. The zero-order valence-corrected chi connectivity index (χ0v) is 68.0. The number of nitrogens with zero attached hydrogens (tertiary/aromatic N) is 7. The van der Waals surface area contributed by atoms with Gasteiger partial charge >= 0.3 is 0 Å². The smallest absolute Gasteiger partial charge is 0.273 e. The largest absolute Gasteiger partial charge is 0.384 e. The summed E-state index contributed by atoms with van der Waals surface area (Å²) in [6.45, 7) is 18.8. The van der Waals surface area contributed by atoms with Crippen LogP contribution < -0.4 is 42.5 Å². The van der Waals surface area contributed by atoms with E-state index in [4.69, 9.17) is 23.8 Å². The molecule has 0 bridgehead atoms. The minimum absolute atomic E-state index is 0.0871. The number of aromatic nitrogens is 6. The fourth-order valence-corrected chi connectivity index (χ4v) is 14.9. The Balaban J connectivity index is 0.000000145. The number of hydrogen-bond donors (Lipinski definition) is 7. The molecule has 5 saturated carbocycles. The van der Waals surface area contributed by atoms with Crippen molar-refractivity contribution < 1.29 is 46.9 Å². The molecule has 0 radical (unpaired) electrons. The molecule has 604 valence electrons. The molecule has 115 heavy (non-hydrogen) atoms. The quantitative estimate of drug-likeness (QED) is 0.0313. The molecule has 0 aliphatic heterocycles. The van der Waals surface area contributed by atoms with Crippen molar-refractivity contribution in [3.05, 3.63) is 248 Å². The van der Waals surface area contributed by atoms with Crippen molar-refractivity contribution in [2.24, 2.45) is 22.7 Å². The van der Waals surface area contributed by atoms with Crippen molar-refractivity contribution >= 4 is 58.5 Å². The first-order valence-electron chi connectivity index (χ1n) is 40.6. The number of carbonyl (C=O) groups excluding carboxylic acids is 6. The van der Waals surface area contributed by atoms with Crippen LogP contribution in [0.25, 0.3) is 0 Å². The zero-order chi connectivity index (χ0) is 81.5. The second-order valence-corrected chi connectivity index (χ2v) is 33.7. The lowest BCUT2D eigenvalue weighted by atomic mass is 9.80. The fourth-order valence-electron chi connectivity index (χ4n) is 14.9. The van der Waals surface area contributed by atoms with Crippen molar-refractivity contribution in [2.75, 3.05) is 35.4 Å². The Bertz CT molecular complexity index is 4960. The Hall–Kier alpha value is -11.6. The maximum Gasteiger partial charge on any atom is 0.273 e. The van der Waals surface area contributed by atoms with Gasteiger partial charge in [0.15, 0.2) is 22.8 Å². The normalized spacial score (nSPS) is 16.1. The van der Waals surface area contributed by atoms with Gasteiger partial charge in [0.25, 0.3) is 35.4 Å². The van der Waals surface area contributed by atoms with Crippen LogP contribution in [0, 0.1) is 36.5 Å². The molecule has 5 aliphatic rings. The van der Waals surface area contributed by atoms with Gasteiger partial charge in [-0.2, -0.15) is 0 Å². The van der Waals surface area contributed by atoms with E-state index >= 15 is 0 Å². The first-order valence-corrected chi connectivity index (χ1v) is 40.6. The van der Waals surface area contributed by atoms with Gasteiger partial charge in [0, 0.05) is 91.6 Å². The fraction of sp³-hybridized carbons (Fsp3) is 0.429. The van der Waals surface area contributed by atoms with Crippen LogP contribution in [-0.4, -0.2) is 80.1 Å². The Morgan fingerprint density at radius 3 is 1.21 bits per heavy atom. The highest BCUT2D eigenvalue weighted by Gasteiger charge is 2.37. The lowest BCUT2D eigenvalue weighted by Crippen LogP contribution is -2.36. The summed E-state index contributed by atoms with van der Waals surface area (Å²) in [5, 5.41) is 34.2. The number of aryl methyl sites for hydroxylation is 3. The first kappa shape index (κ1) is 82.9. The average Bonchev–Trinajstić information content (AvgIpc) is 1.75. The number of nitrogens with one attached hydrogen (secondary N) is 6. The molecule has 10 aromatic rings. The predicted molar refractivity (Wildman–Crippen MR) is 443 cm³/mol. The third kappa shape index (κ3) is 23.1. The van der Waals surface area contributed by atoms with Crippen molar-refractivity contribution in [3.8, 4) is 0 Å². The molecule has 0 saturated heterocycles. The van der Waals surface area contributed by atoms with E-state index in [0.29, 0.717) is 86.4 Å². The Kier molecular flexibility index (Phi) is 27.1. The summed E-state index contributed by atoms with van der Waals surface area (Å²) in [6.07, 6.45) is 21.7. The number of amides is 6. The van der Waals surface area contributed by atoms with Gasteiger partial charge in [-0.05, 0) is 165 Å². The van der Waals surface area contributed by atoms with E-state index in [2.05, 4.69) is 148 Å². The second-order valence-electron chi connectivity index (χ2n) is 33.7. The molecule has 6 heterocycles. The SMILES string of the molecule is CCc1cc(C(=O)NC(c2cccc(C)c2)C(C)(C)C)no1.CN(C)c1ccc(NC(=O)c2cccc(C(NC(=O)c3cc(C4CC4)on3)C3CCCCC3)c2)cn1.Cc1cccc(C(NC(=O)c2cc(C3CC3)on2)C(C)(C)C)c1.Nc1cc(NC(=O)c2cccc(C(NC(=O)c3cc(C4CC4)on3)C3CCCCC3)c2)ccn1. The van der Waals surface area contributed by atoms with E-state index in [1.807, 2.05) is 92.6 Å². The van der Waals surface area contributed by atoms with E-state index in [1.165, 1.54) is 24.0 Å². The summed E-state index contributed by atoms with van der Waals surface area (Å²) in [4.78, 5) is 87.4. The van der Waals surface area contributed by atoms with Gasteiger partial charge < -0.3 is 60.6 Å². The van der Waals surface area contributed by atoms with Gasteiger partial charge in [0.1, 0.15) is 34.7 Å². The second kappa shape index (κ2) is 37.6.